The standard InChI is InChI=1S/C23H35FN8O/c1-3-19(18-8-6-12-27-18)32(16-9-10-20(33-2)17(24)13-16)23-30-21(25)29-22(31-23)28-15-7-4-5-11-26-14-15/h9-10,13,15,18-19,26-27H,3-8,11-12,14H2,1-2H3,(H3,25,28,29,30,31). The van der Waals surface area contributed by atoms with E-state index in [1.165, 1.54) is 13.2 Å². The van der Waals surface area contributed by atoms with Crippen LogP contribution < -0.4 is 31.3 Å². The highest BCUT2D eigenvalue weighted by Gasteiger charge is 2.32. The zero-order chi connectivity index (χ0) is 23.2. The van der Waals surface area contributed by atoms with Crippen LogP contribution >= 0.6 is 0 Å². The summed E-state index contributed by atoms with van der Waals surface area (Å²) in [5, 5.41) is 10.4. The van der Waals surface area contributed by atoms with E-state index >= 15 is 0 Å². The molecule has 2 aliphatic rings. The fourth-order valence-electron chi connectivity index (χ4n) is 4.83. The molecule has 33 heavy (non-hydrogen) atoms. The van der Waals surface area contributed by atoms with E-state index in [0.717, 1.165) is 58.2 Å². The van der Waals surface area contributed by atoms with Crippen molar-refractivity contribution in [1.29, 1.82) is 0 Å². The number of benzene rings is 1. The molecule has 2 fully saturated rings. The Balaban J connectivity index is 1.71. The van der Waals surface area contributed by atoms with Gasteiger partial charge >= 0.3 is 0 Å². The molecule has 0 amide bonds. The van der Waals surface area contributed by atoms with E-state index in [-0.39, 0.29) is 29.8 Å². The van der Waals surface area contributed by atoms with E-state index in [0.29, 0.717) is 17.6 Å². The van der Waals surface area contributed by atoms with Crippen molar-refractivity contribution in [3.05, 3.63) is 24.0 Å². The van der Waals surface area contributed by atoms with E-state index < -0.39 is 5.82 Å². The van der Waals surface area contributed by atoms with E-state index in [4.69, 9.17) is 15.5 Å². The lowest BCUT2D eigenvalue weighted by Gasteiger charge is -2.35. The molecule has 1 aromatic heterocycles. The SMILES string of the molecule is CCC(C1CCCN1)N(c1ccc(OC)c(F)c1)c1nc(N)nc(NC2CCCCNC2)n1. The molecule has 0 saturated carbocycles. The zero-order valence-electron chi connectivity index (χ0n) is 19.5. The number of methoxy groups -OCH3 is 1. The maximum atomic E-state index is 14.7. The molecule has 5 N–H and O–H groups in total. The predicted octanol–water partition coefficient (Wildman–Crippen LogP) is 2.82. The average Bonchev–Trinajstić information content (AvgIpc) is 3.21. The summed E-state index contributed by atoms with van der Waals surface area (Å²) in [6.45, 7) is 4.95. The lowest BCUT2D eigenvalue weighted by molar-refractivity contribution is 0.386. The summed E-state index contributed by atoms with van der Waals surface area (Å²) in [5.41, 5.74) is 6.78. The Kier molecular flexibility index (Phi) is 7.77. The van der Waals surface area contributed by atoms with Crippen molar-refractivity contribution >= 4 is 23.5 Å². The van der Waals surface area contributed by atoms with Crippen LogP contribution in [-0.4, -0.2) is 59.8 Å². The predicted molar refractivity (Wildman–Crippen MR) is 129 cm³/mol. The highest BCUT2D eigenvalue weighted by molar-refractivity contribution is 5.62. The first-order valence-corrected chi connectivity index (χ1v) is 11.9. The van der Waals surface area contributed by atoms with Crippen molar-refractivity contribution < 1.29 is 9.13 Å². The summed E-state index contributed by atoms with van der Waals surface area (Å²) in [6.07, 6.45) is 6.30. The van der Waals surface area contributed by atoms with Gasteiger partial charge in [-0.25, -0.2) is 4.39 Å². The van der Waals surface area contributed by atoms with Gasteiger partial charge in [-0.05, 0) is 57.3 Å². The number of nitrogens with two attached hydrogens (primary N) is 1. The van der Waals surface area contributed by atoms with Gasteiger partial charge in [0.2, 0.25) is 17.8 Å². The molecule has 3 unspecified atom stereocenters. The number of anilines is 4. The third kappa shape index (κ3) is 5.62. The van der Waals surface area contributed by atoms with Gasteiger partial charge in [0.1, 0.15) is 0 Å². The van der Waals surface area contributed by atoms with E-state index in [1.807, 2.05) is 11.0 Å². The smallest absolute Gasteiger partial charge is 0.236 e. The number of nitrogens with one attached hydrogen (secondary N) is 3. The van der Waals surface area contributed by atoms with Crippen LogP contribution in [0.15, 0.2) is 18.2 Å². The van der Waals surface area contributed by atoms with Crippen LogP contribution in [0.3, 0.4) is 0 Å². The minimum absolute atomic E-state index is 0.0227. The topological polar surface area (TPSA) is 113 Å². The van der Waals surface area contributed by atoms with Crippen molar-refractivity contribution in [2.45, 2.75) is 63.6 Å². The maximum absolute atomic E-state index is 14.7. The van der Waals surface area contributed by atoms with Crippen molar-refractivity contribution in [1.82, 2.24) is 25.6 Å². The van der Waals surface area contributed by atoms with E-state index in [1.54, 1.807) is 6.07 Å². The van der Waals surface area contributed by atoms with Gasteiger partial charge in [-0.3, -0.25) is 0 Å². The zero-order valence-corrected chi connectivity index (χ0v) is 19.5. The molecular formula is C23H35FN8O. The quantitative estimate of drug-likeness (QED) is 0.474. The normalized spacial score (nSPS) is 21.9. The molecule has 2 aromatic rings. The fraction of sp³-hybridized carbons (Fsp3) is 0.609. The largest absolute Gasteiger partial charge is 0.494 e. The van der Waals surface area contributed by atoms with Gasteiger partial charge in [-0.2, -0.15) is 15.0 Å². The number of aromatic nitrogens is 3. The summed E-state index contributed by atoms with van der Waals surface area (Å²) >= 11 is 0. The monoisotopic (exact) mass is 458 g/mol. The van der Waals surface area contributed by atoms with Gasteiger partial charge in [0.25, 0.3) is 0 Å². The number of rotatable bonds is 8. The summed E-state index contributed by atoms with van der Waals surface area (Å²) < 4.78 is 19.8. The summed E-state index contributed by atoms with van der Waals surface area (Å²) in [7, 11) is 1.46. The molecule has 2 aliphatic heterocycles. The van der Waals surface area contributed by atoms with Crippen LogP contribution in [0.25, 0.3) is 0 Å². The van der Waals surface area contributed by atoms with E-state index in [2.05, 4.69) is 32.8 Å². The fourth-order valence-corrected chi connectivity index (χ4v) is 4.83. The van der Waals surface area contributed by atoms with Crippen molar-refractivity contribution in [2.24, 2.45) is 0 Å². The Morgan fingerprint density at radius 2 is 2.09 bits per heavy atom. The molecule has 0 spiro atoms. The minimum Gasteiger partial charge on any atom is -0.494 e. The summed E-state index contributed by atoms with van der Waals surface area (Å²) in [5.74, 6) is 0.761. The Labute approximate surface area is 194 Å². The lowest BCUT2D eigenvalue weighted by Crippen LogP contribution is -2.46. The lowest BCUT2D eigenvalue weighted by atomic mass is 10.0. The Hall–Kier alpha value is -2.72. The molecule has 180 valence electrons. The highest BCUT2D eigenvalue weighted by atomic mass is 19.1. The molecule has 3 atom stereocenters. The van der Waals surface area contributed by atoms with Gasteiger partial charge in [0.05, 0.1) is 13.2 Å². The summed E-state index contributed by atoms with van der Waals surface area (Å²) in [6, 6.07) is 5.41. The molecule has 10 heteroatoms. The molecule has 2 saturated heterocycles. The number of ether oxygens (including phenoxy) is 1. The Morgan fingerprint density at radius 3 is 2.82 bits per heavy atom. The molecule has 9 nitrogen and oxygen atoms in total. The molecule has 1 aromatic carbocycles. The number of hydrogen-bond donors (Lipinski definition) is 4. The van der Waals surface area contributed by atoms with Crippen molar-refractivity contribution in [2.75, 3.05) is 42.7 Å². The number of halogens is 1. The Bertz CT molecular complexity index is 915. The molecule has 0 radical (unpaired) electrons. The second-order valence-electron chi connectivity index (χ2n) is 8.73. The Morgan fingerprint density at radius 1 is 1.21 bits per heavy atom. The second kappa shape index (κ2) is 10.9. The van der Waals surface area contributed by atoms with Crippen LogP contribution in [0.5, 0.6) is 5.75 Å². The first-order chi connectivity index (χ1) is 16.1. The van der Waals surface area contributed by atoms with Gasteiger partial charge < -0.3 is 31.3 Å². The molecule has 0 bridgehead atoms. The molecule has 0 aliphatic carbocycles. The van der Waals surface area contributed by atoms with Crippen molar-refractivity contribution in [3.63, 3.8) is 0 Å². The van der Waals surface area contributed by atoms with Crippen LogP contribution in [0.2, 0.25) is 0 Å². The van der Waals surface area contributed by atoms with E-state index in [9.17, 15) is 4.39 Å². The van der Waals surface area contributed by atoms with Crippen molar-refractivity contribution in [3.8, 4) is 5.75 Å². The van der Waals surface area contributed by atoms with Crippen LogP contribution in [-0.2, 0) is 0 Å². The maximum Gasteiger partial charge on any atom is 0.236 e. The molecular weight excluding hydrogens is 423 g/mol. The molecule has 3 heterocycles. The van der Waals surface area contributed by atoms with Gasteiger partial charge in [-0.1, -0.05) is 13.3 Å². The van der Waals surface area contributed by atoms with Crippen LogP contribution in [0.1, 0.15) is 45.4 Å². The number of hydrogen-bond acceptors (Lipinski definition) is 9. The second-order valence-corrected chi connectivity index (χ2v) is 8.73. The van der Waals surface area contributed by atoms with Crippen LogP contribution in [0, 0.1) is 5.82 Å². The molecule has 4 rings (SSSR count). The average molecular weight is 459 g/mol. The summed E-state index contributed by atoms with van der Waals surface area (Å²) in [4.78, 5) is 15.6. The van der Waals surface area contributed by atoms with Gasteiger partial charge in [0, 0.05) is 30.4 Å². The van der Waals surface area contributed by atoms with Gasteiger partial charge in [-0.15, -0.1) is 0 Å². The third-order valence-corrected chi connectivity index (χ3v) is 6.46. The first-order valence-electron chi connectivity index (χ1n) is 11.9. The minimum atomic E-state index is -0.431. The third-order valence-electron chi connectivity index (χ3n) is 6.46. The van der Waals surface area contributed by atoms with Crippen LogP contribution in [0.4, 0.5) is 27.9 Å². The highest BCUT2D eigenvalue weighted by Crippen LogP contribution is 2.33. The number of nitrogen functional groups attached to an aromatic ring is 1. The first kappa shape index (κ1) is 23.4. The van der Waals surface area contributed by atoms with Gasteiger partial charge in [0.15, 0.2) is 11.6 Å². The number of nitrogens with zero attached hydrogens (tertiary/aromatic N) is 4.